The summed E-state index contributed by atoms with van der Waals surface area (Å²) in [5.41, 5.74) is 1.61. The van der Waals surface area contributed by atoms with E-state index in [-0.39, 0.29) is 11.4 Å². The molecule has 0 bridgehead atoms. The van der Waals surface area contributed by atoms with Crippen LogP contribution in [0.25, 0.3) is 0 Å². The van der Waals surface area contributed by atoms with E-state index in [0.29, 0.717) is 12.5 Å². The van der Waals surface area contributed by atoms with Crippen molar-refractivity contribution in [2.24, 2.45) is 0 Å². The summed E-state index contributed by atoms with van der Waals surface area (Å²) >= 11 is 0. The van der Waals surface area contributed by atoms with Gasteiger partial charge < -0.3 is 9.64 Å². The van der Waals surface area contributed by atoms with E-state index < -0.39 is 0 Å². The molecule has 0 N–H and O–H groups in total. The Hall–Kier alpha value is -1.35. The van der Waals surface area contributed by atoms with Gasteiger partial charge in [0.05, 0.1) is 12.0 Å². The van der Waals surface area contributed by atoms with Crippen LogP contribution in [0, 0.1) is 6.92 Å². The average molecular weight is 287 g/mol. The molecule has 0 aromatic heterocycles. The van der Waals surface area contributed by atoms with Gasteiger partial charge in [0.15, 0.2) is 5.78 Å². The lowest BCUT2D eigenvalue weighted by Crippen LogP contribution is -2.43. The van der Waals surface area contributed by atoms with Gasteiger partial charge in [0.25, 0.3) is 0 Å². The van der Waals surface area contributed by atoms with Crippen molar-refractivity contribution in [3.05, 3.63) is 29.3 Å². The minimum absolute atomic E-state index is 0.248. The first-order chi connectivity index (χ1) is 9.99. The predicted octanol–water partition coefficient (Wildman–Crippen LogP) is 3.59. The average Bonchev–Trinajstić information content (AvgIpc) is 2.63. The number of aryl methyl sites for hydroxylation is 1. The number of carbonyl (C=O) groups excluding carboxylic acids is 1. The number of hydrogen-bond acceptors (Lipinski definition) is 3. The summed E-state index contributed by atoms with van der Waals surface area (Å²) in [7, 11) is 0. The number of nitrogens with zero attached hydrogens (tertiary/aromatic N) is 1. The largest absolute Gasteiger partial charge is 0.486 e. The molecule has 21 heavy (non-hydrogen) atoms. The first-order valence-corrected chi connectivity index (χ1v) is 8.06. The second-order valence-electron chi connectivity index (χ2n) is 6.87. The van der Waals surface area contributed by atoms with Crippen LogP contribution in [0.5, 0.6) is 5.75 Å². The number of carbonyl (C=O) groups is 1. The van der Waals surface area contributed by atoms with Crippen LogP contribution in [0.1, 0.15) is 55.5 Å². The summed E-state index contributed by atoms with van der Waals surface area (Å²) in [5, 5.41) is 0. The van der Waals surface area contributed by atoms with Gasteiger partial charge in [-0.15, -0.1) is 0 Å². The smallest absolute Gasteiger partial charge is 0.170 e. The standard InChI is InChI=1S/C18H25NO2/c1-13(2)19-9-4-7-18(8-10-19)12-16(20)15-11-14(3)5-6-17(15)21-18/h5-6,11,13H,4,7-10,12H2,1-3H3. The Labute approximate surface area is 127 Å². The fourth-order valence-corrected chi connectivity index (χ4v) is 3.59. The van der Waals surface area contributed by atoms with Crippen molar-refractivity contribution in [3.63, 3.8) is 0 Å². The van der Waals surface area contributed by atoms with Gasteiger partial charge in [-0.2, -0.15) is 0 Å². The molecule has 0 radical (unpaired) electrons. The summed E-state index contributed by atoms with van der Waals surface area (Å²) in [6.07, 6.45) is 3.57. The lowest BCUT2D eigenvalue weighted by Gasteiger charge is -2.37. The van der Waals surface area contributed by atoms with Gasteiger partial charge in [-0.05, 0) is 52.3 Å². The highest BCUT2D eigenvalue weighted by Crippen LogP contribution is 2.39. The van der Waals surface area contributed by atoms with E-state index in [0.717, 1.165) is 49.2 Å². The van der Waals surface area contributed by atoms with Crippen molar-refractivity contribution in [3.8, 4) is 5.75 Å². The monoisotopic (exact) mass is 287 g/mol. The number of fused-ring (bicyclic) bond motifs is 1. The fraction of sp³-hybridized carbons (Fsp3) is 0.611. The normalized spacial score (nSPS) is 26.6. The van der Waals surface area contributed by atoms with Gasteiger partial charge in [-0.3, -0.25) is 4.79 Å². The van der Waals surface area contributed by atoms with E-state index >= 15 is 0 Å². The number of benzene rings is 1. The maximum Gasteiger partial charge on any atom is 0.170 e. The number of ketones is 1. The molecule has 1 aromatic rings. The van der Waals surface area contributed by atoms with E-state index in [1.807, 2.05) is 25.1 Å². The topological polar surface area (TPSA) is 29.5 Å². The van der Waals surface area contributed by atoms with Crippen LogP contribution < -0.4 is 4.74 Å². The number of likely N-dealkylation sites (tertiary alicyclic amines) is 1. The van der Waals surface area contributed by atoms with Crippen molar-refractivity contribution in [1.82, 2.24) is 4.90 Å². The molecule has 0 saturated carbocycles. The van der Waals surface area contributed by atoms with Crippen LogP contribution >= 0.6 is 0 Å². The molecule has 3 rings (SSSR count). The highest BCUT2D eigenvalue weighted by molar-refractivity contribution is 6.00. The Morgan fingerprint density at radius 2 is 2.05 bits per heavy atom. The Kier molecular flexibility index (Phi) is 3.78. The number of rotatable bonds is 1. The first kappa shape index (κ1) is 14.6. The van der Waals surface area contributed by atoms with Crippen LogP contribution in [0.15, 0.2) is 18.2 Å². The Morgan fingerprint density at radius 1 is 1.24 bits per heavy atom. The molecule has 1 unspecified atom stereocenters. The van der Waals surface area contributed by atoms with Gasteiger partial charge in [0, 0.05) is 19.0 Å². The van der Waals surface area contributed by atoms with E-state index in [4.69, 9.17) is 4.74 Å². The minimum atomic E-state index is -0.275. The molecular weight excluding hydrogens is 262 g/mol. The number of ether oxygens (including phenoxy) is 1. The van der Waals surface area contributed by atoms with Gasteiger partial charge in [0.1, 0.15) is 11.4 Å². The van der Waals surface area contributed by atoms with Gasteiger partial charge in [0.2, 0.25) is 0 Å². The van der Waals surface area contributed by atoms with Gasteiger partial charge in [-0.1, -0.05) is 11.6 Å². The zero-order valence-corrected chi connectivity index (χ0v) is 13.3. The summed E-state index contributed by atoms with van der Waals surface area (Å²) in [4.78, 5) is 15.0. The molecular formula is C18H25NO2. The lowest BCUT2D eigenvalue weighted by molar-refractivity contribution is 0.0294. The zero-order valence-electron chi connectivity index (χ0n) is 13.3. The quantitative estimate of drug-likeness (QED) is 0.790. The third-order valence-electron chi connectivity index (χ3n) is 4.91. The van der Waals surface area contributed by atoms with Crippen molar-refractivity contribution in [2.75, 3.05) is 13.1 Å². The Morgan fingerprint density at radius 3 is 2.81 bits per heavy atom. The van der Waals surface area contributed by atoms with Crippen LogP contribution in [-0.4, -0.2) is 35.4 Å². The Balaban J connectivity index is 1.84. The summed E-state index contributed by atoms with van der Waals surface area (Å²) in [6, 6.07) is 6.52. The molecule has 1 atom stereocenters. The van der Waals surface area contributed by atoms with Gasteiger partial charge in [-0.25, -0.2) is 0 Å². The molecule has 2 aliphatic heterocycles. The van der Waals surface area contributed by atoms with Crippen LogP contribution in [0.2, 0.25) is 0 Å². The predicted molar refractivity (Wildman–Crippen MR) is 84.0 cm³/mol. The van der Waals surface area contributed by atoms with Gasteiger partial charge >= 0.3 is 0 Å². The third-order valence-corrected chi connectivity index (χ3v) is 4.91. The maximum absolute atomic E-state index is 12.5. The molecule has 1 saturated heterocycles. The molecule has 0 amide bonds. The molecule has 2 aliphatic rings. The second-order valence-corrected chi connectivity index (χ2v) is 6.87. The third kappa shape index (κ3) is 2.84. The molecule has 3 nitrogen and oxygen atoms in total. The fourth-order valence-electron chi connectivity index (χ4n) is 3.59. The molecule has 0 aliphatic carbocycles. The van der Waals surface area contributed by atoms with Crippen LogP contribution in [0.3, 0.4) is 0 Å². The lowest BCUT2D eigenvalue weighted by atomic mass is 9.84. The van der Waals surface area contributed by atoms with Crippen molar-refractivity contribution in [2.45, 2.75) is 58.1 Å². The van der Waals surface area contributed by atoms with Crippen molar-refractivity contribution < 1.29 is 9.53 Å². The van der Waals surface area contributed by atoms with E-state index in [9.17, 15) is 4.79 Å². The molecule has 3 heteroatoms. The van der Waals surface area contributed by atoms with Crippen molar-refractivity contribution >= 4 is 5.78 Å². The summed E-state index contributed by atoms with van der Waals surface area (Å²) < 4.78 is 6.35. The number of Topliss-reactive ketones (excluding diaryl/α,β-unsaturated/α-hetero) is 1. The highest BCUT2D eigenvalue weighted by atomic mass is 16.5. The van der Waals surface area contributed by atoms with Crippen LogP contribution in [-0.2, 0) is 0 Å². The molecule has 1 spiro atoms. The van der Waals surface area contributed by atoms with E-state index in [1.54, 1.807) is 0 Å². The first-order valence-electron chi connectivity index (χ1n) is 8.06. The molecule has 1 fully saturated rings. The van der Waals surface area contributed by atoms with E-state index in [1.165, 1.54) is 0 Å². The SMILES string of the molecule is Cc1ccc2c(c1)C(=O)CC1(CCCN(C(C)C)CC1)O2. The maximum atomic E-state index is 12.5. The minimum Gasteiger partial charge on any atom is -0.486 e. The van der Waals surface area contributed by atoms with Crippen LogP contribution in [0.4, 0.5) is 0 Å². The summed E-state index contributed by atoms with van der Waals surface area (Å²) in [6.45, 7) is 8.62. The highest BCUT2D eigenvalue weighted by Gasteiger charge is 2.41. The molecule has 114 valence electrons. The molecule has 1 aromatic carbocycles. The van der Waals surface area contributed by atoms with E-state index in [2.05, 4.69) is 18.7 Å². The zero-order chi connectivity index (χ0) is 15.0. The Bertz CT molecular complexity index is 552. The second kappa shape index (κ2) is 5.45. The number of hydrogen-bond donors (Lipinski definition) is 0. The summed E-state index contributed by atoms with van der Waals surface area (Å²) in [5.74, 6) is 1.03. The molecule has 2 heterocycles. The van der Waals surface area contributed by atoms with Crippen molar-refractivity contribution in [1.29, 1.82) is 0 Å².